The lowest BCUT2D eigenvalue weighted by molar-refractivity contribution is 0.258. The molecule has 1 atom stereocenters. The first-order valence-corrected chi connectivity index (χ1v) is 4.07. The lowest BCUT2D eigenvalue weighted by Crippen LogP contribution is -2.30. The molecular weight excluding hydrogens is 122 g/mol. The Hall–Kier alpha value is -0.300. The first-order chi connectivity index (χ1) is 4.75. The Morgan fingerprint density at radius 2 is 2.30 bits per heavy atom. The van der Waals surface area contributed by atoms with E-state index in [9.17, 15) is 0 Å². The fourth-order valence-electron chi connectivity index (χ4n) is 1.31. The van der Waals surface area contributed by atoms with Crippen LogP contribution in [-0.4, -0.2) is 24.5 Å². The molecule has 0 N–H and O–H groups in total. The molecule has 0 saturated heterocycles. The smallest absolute Gasteiger partial charge is 0.0160 e. The summed E-state index contributed by atoms with van der Waals surface area (Å²) in [7, 11) is 2.17. The Morgan fingerprint density at radius 3 is 2.70 bits per heavy atom. The summed E-state index contributed by atoms with van der Waals surface area (Å²) in [4.78, 5) is 2.37. The van der Waals surface area contributed by atoms with Gasteiger partial charge in [-0.3, -0.25) is 4.90 Å². The van der Waals surface area contributed by atoms with Crippen LogP contribution >= 0.6 is 0 Å². The quantitative estimate of drug-likeness (QED) is 0.538. The molecular formula is C9H17N. The van der Waals surface area contributed by atoms with Crippen molar-refractivity contribution in [3.8, 4) is 0 Å². The third-order valence-corrected chi connectivity index (χ3v) is 2.42. The van der Waals surface area contributed by atoms with Gasteiger partial charge in [-0.1, -0.05) is 6.08 Å². The molecule has 0 aromatic rings. The van der Waals surface area contributed by atoms with Crippen molar-refractivity contribution in [1.82, 2.24) is 4.90 Å². The fraction of sp³-hybridized carbons (Fsp3) is 0.778. The van der Waals surface area contributed by atoms with Crippen molar-refractivity contribution >= 4 is 0 Å². The third kappa shape index (κ3) is 1.84. The minimum Gasteiger partial charge on any atom is -0.300 e. The summed E-state index contributed by atoms with van der Waals surface area (Å²) < 4.78 is 0. The molecule has 1 rings (SSSR count). The number of likely N-dealkylation sites (N-methyl/N-ethyl adjacent to an activating group) is 1. The minimum absolute atomic E-state index is 0.762. The van der Waals surface area contributed by atoms with E-state index >= 15 is 0 Å². The summed E-state index contributed by atoms with van der Waals surface area (Å²) in [6.45, 7) is 7.05. The van der Waals surface area contributed by atoms with E-state index < -0.39 is 0 Å². The number of rotatable bonds is 4. The summed E-state index contributed by atoms with van der Waals surface area (Å²) in [6, 6.07) is 0.762. The lowest BCUT2D eigenvalue weighted by atomic mass is 10.2. The first-order valence-electron chi connectivity index (χ1n) is 4.07. The molecule has 1 fully saturated rings. The van der Waals surface area contributed by atoms with Crippen LogP contribution in [-0.2, 0) is 0 Å². The van der Waals surface area contributed by atoms with Crippen molar-refractivity contribution < 1.29 is 0 Å². The maximum atomic E-state index is 3.72. The van der Waals surface area contributed by atoms with Crippen LogP contribution < -0.4 is 0 Å². The Kier molecular flexibility index (Phi) is 2.50. The second kappa shape index (κ2) is 3.20. The zero-order valence-corrected chi connectivity index (χ0v) is 7.01. The van der Waals surface area contributed by atoms with Crippen LogP contribution in [0.2, 0.25) is 0 Å². The van der Waals surface area contributed by atoms with E-state index in [1.807, 2.05) is 6.08 Å². The van der Waals surface area contributed by atoms with E-state index in [0.717, 1.165) is 18.5 Å². The van der Waals surface area contributed by atoms with Gasteiger partial charge in [0.1, 0.15) is 0 Å². The Bertz CT molecular complexity index is 116. The van der Waals surface area contributed by atoms with Crippen molar-refractivity contribution in [1.29, 1.82) is 0 Å². The van der Waals surface area contributed by atoms with E-state index in [2.05, 4.69) is 25.5 Å². The maximum absolute atomic E-state index is 3.72. The summed E-state index contributed by atoms with van der Waals surface area (Å²) >= 11 is 0. The average Bonchev–Trinajstić information content (AvgIpc) is 2.68. The maximum Gasteiger partial charge on any atom is 0.0160 e. The highest BCUT2D eigenvalue weighted by Gasteiger charge is 2.29. The molecule has 0 amide bonds. The van der Waals surface area contributed by atoms with Gasteiger partial charge in [-0.15, -0.1) is 6.58 Å². The van der Waals surface area contributed by atoms with Crippen molar-refractivity contribution in [2.24, 2.45) is 5.92 Å². The Morgan fingerprint density at radius 1 is 1.70 bits per heavy atom. The van der Waals surface area contributed by atoms with E-state index in [-0.39, 0.29) is 0 Å². The zero-order chi connectivity index (χ0) is 7.56. The van der Waals surface area contributed by atoms with Crippen molar-refractivity contribution in [2.75, 3.05) is 13.6 Å². The lowest BCUT2D eigenvalue weighted by Gasteiger charge is -2.22. The standard InChI is InChI=1S/C9H17N/c1-4-7-10(3)8(2)9-5-6-9/h4,8-9H,1,5-7H2,2-3H3. The van der Waals surface area contributed by atoms with E-state index in [1.54, 1.807) is 0 Å². The predicted molar refractivity (Wildman–Crippen MR) is 45.0 cm³/mol. The summed E-state index contributed by atoms with van der Waals surface area (Å²) in [5.41, 5.74) is 0. The third-order valence-electron chi connectivity index (χ3n) is 2.42. The highest BCUT2D eigenvalue weighted by molar-refractivity contribution is 4.86. The van der Waals surface area contributed by atoms with Gasteiger partial charge in [-0.25, -0.2) is 0 Å². The van der Waals surface area contributed by atoms with Gasteiger partial charge in [-0.05, 0) is 32.7 Å². The molecule has 0 bridgehead atoms. The van der Waals surface area contributed by atoms with Gasteiger partial charge in [-0.2, -0.15) is 0 Å². The van der Waals surface area contributed by atoms with Crippen LogP contribution in [0.1, 0.15) is 19.8 Å². The van der Waals surface area contributed by atoms with Gasteiger partial charge in [0.2, 0.25) is 0 Å². The van der Waals surface area contributed by atoms with Gasteiger partial charge in [0.15, 0.2) is 0 Å². The number of hydrogen-bond donors (Lipinski definition) is 0. The van der Waals surface area contributed by atoms with Crippen LogP contribution in [0.15, 0.2) is 12.7 Å². The normalized spacial score (nSPS) is 21.1. The van der Waals surface area contributed by atoms with E-state index in [1.165, 1.54) is 12.8 Å². The largest absolute Gasteiger partial charge is 0.300 e. The molecule has 1 saturated carbocycles. The summed E-state index contributed by atoms with van der Waals surface area (Å²) in [5.74, 6) is 0.977. The van der Waals surface area contributed by atoms with Gasteiger partial charge in [0.05, 0.1) is 0 Å². The van der Waals surface area contributed by atoms with Crippen LogP contribution in [0, 0.1) is 5.92 Å². The number of hydrogen-bond acceptors (Lipinski definition) is 1. The number of nitrogens with zero attached hydrogens (tertiary/aromatic N) is 1. The van der Waals surface area contributed by atoms with E-state index in [0.29, 0.717) is 0 Å². The second-order valence-corrected chi connectivity index (χ2v) is 3.31. The van der Waals surface area contributed by atoms with Crippen molar-refractivity contribution in [2.45, 2.75) is 25.8 Å². The Labute approximate surface area is 63.7 Å². The molecule has 0 heterocycles. The van der Waals surface area contributed by atoms with Crippen LogP contribution in [0.4, 0.5) is 0 Å². The van der Waals surface area contributed by atoms with E-state index in [4.69, 9.17) is 0 Å². The monoisotopic (exact) mass is 139 g/mol. The summed E-state index contributed by atoms with van der Waals surface area (Å²) in [6.07, 6.45) is 4.84. The van der Waals surface area contributed by atoms with Crippen LogP contribution in [0.3, 0.4) is 0 Å². The van der Waals surface area contributed by atoms with Gasteiger partial charge < -0.3 is 0 Å². The molecule has 1 nitrogen and oxygen atoms in total. The van der Waals surface area contributed by atoms with Gasteiger partial charge >= 0.3 is 0 Å². The van der Waals surface area contributed by atoms with Gasteiger partial charge in [0, 0.05) is 12.6 Å². The minimum atomic E-state index is 0.762. The van der Waals surface area contributed by atoms with Crippen LogP contribution in [0.25, 0.3) is 0 Å². The molecule has 0 spiro atoms. The second-order valence-electron chi connectivity index (χ2n) is 3.31. The topological polar surface area (TPSA) is 3.24 Å². The van der Waals surface area contributed by atoms with Crippen LogP contribution in [0.5, 0.6) is 0 Å². The molecule has 1 aliphatic carbocycles. The predicted octanol–water partition coefficient (Wildman–Crippen LogP) is 1.90. The molecule has 0 aliphatic heterocycles. The molecule has 58 valence electrons. The summed E-state index contributed by atoms with van der Waals surface area (Å²) in [5, 5.41) is 0. The first kappa shape index (κ1) is 7.80. The average molecular weight is 139 g/mol. The van der Waals surface area contributed by atoms with Crippen molar-refractivity contribution in [3.63, 3.8) is 0 Å². The fourth-order valence-corrected chi connectivity index (χ4v) is 1.31. The molecule has 0 radical (unpaired) electrons. The molecule has 1 unspecified atom stereocenters. The highest BCUT2D eigenvalue weighted by atomic mass is 15.1. The Balaban J connectivity index is 2.23. The van der Waals surface area contributed by atoms with Gasteiger partial charge in [0.25, 0.3) is 0 Å². The molecule has 1 heteroatoms. The molecule has 10 heavy (non-hydrogen) atoms. The SMILES string of the molecule is C=CCN(C)C(C)C1CC1. The van der Waals surface area contributed by atoms with Crippen molar-refractivity contribution in [3.05, 3.63) is 12.7 Å². The molecule has 1 aliphatic rings. The highest BCUT2D eigenvalue weighted by Crippen LogP contribution is 2.34. The molecule has 0 aromatic heterocycles. The zero-order valence-electron chi connectivity index (χ0n) is 7.01. The molecule has 0 aromatic carbocycles.